The molecule has 1 aromatic rings. The summed E-state index contributed by atoms with van der Waals surface area (Å²) in [5, 5.41) is 11.5. The summed E-state index contributed by atoms with van der Waals surface area (Å²) in [6.45, 7) is 4.20. The first-order valence-corrected chi connectivity index (χ1v) is 4.43. The first-order valence-electron chi connectivity index (χ1n) is 4.43. The van der Waals surface area contributed by atoms with Gasteiger partial charge in [0.2, 0.25) is 0 Å². The van der Waals surface area contributed by atoms with Crippen LogP contribution in [0, 0.1) is 11.8 Å². The maximum Gasteiger partial charge on any atom is 0.382 e. The number of hydrogen-bond donors (Lipinski definition) is 2. The van der Waals surface area contributed by atoms with E-state index in [0.29, 0.717) is 12.1 Å². The van der Waals surface area contributed by atoms with E-state index in [1.165, 1.54) is 0 Å². The Labute approximate surface area is 88.4 Å². The zero-order valence-electron chi connectivity index (χ0n) is 8.16. The molecule has 0 aromatic heterocycles. The van der Waals surface area contributed by atoms with Crippen molar-refractivity contribution >= 4 is 11.7 Å². The fourth-order valence-electron chi connectivity index (χ4n) is 1.05. The number of carboxylic acid groups (broad SMARTS) is 1. The highest BCUT2D eigenvalue weighted by atomic mass is 16.4. The normalized spacial score (nSPS) is 8.53. The Morgan fingerprint density at radius 2 is 2.27 bits per heavy atom. The Morgan fingerprint density at radius 1 is 1.53 bits per heavy atom. The van der Waals surface area contributed by atoms with Gasteiger partial charge in [0.15, 0.2) is 0 Å². The van der Waals surface area contributed by atoms with Gasteiger partial charge in [0.25, 0.3) is 0 Å². The fraction of sp³-hybridized carbons (Fsp3) is 0.0833. The molecule has 0 aliphatic heterocycles. The number of nitrogens with one attached hydrogen (secondary N) is 1. The van der Waals surface area contributed by atoms with Crippen molar-refractivity contribution in [2.75, 3.05) is 11.9 Å². The third kappa shape index (κ3) is 3.57. The number of benzene rings is 1. The van der Waals surface area contributed by atoms with Crippen LogP contribution in [-0.2, 0) is 4.79 Å². The lowest BCUT2D eigenvalue weighted by Crippen LogP contribution is -1.99. The highest BCUT2D eigenvalue weighted by molar-refractivity contribution is 5.87. The van der Waals surface area contributed by atoms with Crippen LogP contribution in [0.15, 0.2) is 36.9 Å². The number of carbonyl (C=O) groups is 1. The zero-order chi connectivity index (χ0) is 11.1. The van der Waals surface area contributed by atoms with Crippen LogP contribution in [0.5, 0.6) is 0 Å². The topological polar surface area (TPSA) is 49.3 Å². The van der Waals surface area contributed by atoms with E-state index in [1.807, 2.05) is 18.2 Å². The van der Waals surface area contributed by atoms with Crippen LogP contribution >= 0.6 is 0 Å². The molecule has 0 aliphatic rings. The second-order valence-electron chi connectivity index (χ2n) is 2.77. The molecule has 0 unspecified atom stereocenters. The number of para-hydroxylation sites is 1. The molecule has 0 heterocycles. The second kappa shape index (κ2) is 5.51. The molecule has 0 atom stereocenters. The molecule has 1 rings (SSSR count). The Hall–Kier alpha value is -2.21. The lowest BCUT2D eigenvalue weighted by Gasteiger charge is -2.04. The van der Waals surface area contributed by atoms with Gasteiger partial charge < -0.3 is 10.4 Å². The molecule has 3 nitrogen and oxygen atoms in total. The Morgan fingerprint density at radius 3 is 2.93 bits per heavy atom. The van der Waals surface area contributed by atoms with Gasteiger partial charge in [-0.1, -0.05) is 24.1 Å². The highest BCUT2D eigenvalue weighted by Crippen LogP contribution is 2.12. The summed E-state index contributed by atoms with van der Waals surface area (Å²) < 4.78 is 0. The molecule has 0 amide bonds. The minimum Gasteiger partial charge on any atom is -0.472 e. The standard InChI is InChI=1S/C12H11NO2/c1-2-9-13-11-6-4-3-5-10(11)7-8-12(14)15/h2-6,13H,1,9H2,(H,14,15). The largest absolute Gasteiger partial charge is 0.472 e. The molecular formula is C12H11NO2. The summed E-state index contributed by atoms with van der Waals surface area (Å²) in [5.74, 6) is 3.52. The van der Waals surface area contributed by atoms with Crippen LogP contribution in [0.4, 0.5) is 5.69 Å². The zero-order valence-corrected chi connectivity index (χ0v) is 8.16. The molecule has 0 saturated carbocycles. The first kappa shape index (κ1) is 10.9. The molecule has 2 N–H and O–H groups in total. The molecule has 0 spiro atoms. The van der Waals surface area contributed by atoms with Gasteiger partial charge in [-0.25, -0.2) is 4.79 Å². The lowest BCUT2D eigenvalue weighted by atomic mass is 10.2. The highest BCUT2D eigenvalue weighted by Gasteiger charge is 1.96. The summed E-state index contributed by atoms with van der Waals surface area (Å²) in [6.07, 6.45) is 1.72. The quantitative estimate of drug-likeness (QED) is 0.578. The van der Waals surface area contributed by atoms with Gasteiger partial charge in [0, 0.05) is 18.0 Å². The molecule has 3 heteroatoms. The molecule has 0 radical (unpaired) electrons. The Kier molecular flexibility index (Phi) is 3.99. The SMILES string of the molecule is C=CCNc1ccccc1C#CC(=O)O. The van der Waals surface area contributed by atoms with E-state index in [4.69, 9.17) is 5.11 Å². The van der Waals surface area contributed by atoms with E-state index in [0.717, 1.165) is 5.69 Å². The van der Waals surface area contributed by atoms with Crippen molar-refractivity contribution in [3.8, 4) is 11.8 Å². The average Bonchev–Trinajstić information content (AvgIpc) is 2.24. The monoisotopic (exact) mass is 201 g/mol. The third-order valence-corrected chi connectivity index (χ3v) is 1.67. The molecular weight excluding hydrogens is 190 g/mol. The van der Waals surface area contributed by atoms with E-state index in [9.17, 15) is 4.79 Å². The predicted molar refractivity (Wildman–Crippen MR) is 59.6 cm³/mol. The summed E-state index contributed by atoms with van der Waals surface area (Å²) in [4.78, 5) is 10.3. The smallest absolute Gasteiger partial charge is 0.382 e. The number of rotatable bonds is 3. The average molecular weight is 201 g/mol. The number of hydrogen-bond acceptors (Lipinski definition) is 2. The molecule has 1 aromatic carbocycles. The van der Waals surface area contributed by atoms with E-state index in [-0.39, 0.29) is 0 Å². The number of aliphatic carboxylic acids is 1. The maximum absolute atomic E-state index is 10.3. The van der Waals surface area contributed by atoms with Gasteiger partial charge in [0.1, 0.15) is 0 Å². The summed E-state index contributed by atoms with van der Waals surface area (Å²) in [5.41, 5.74) is 1.48. The molecule has 0 saturated heterocycles. The van der Waals surface area contributed by atoms with Crippen molar-refractivity contribution in [1.29, 1.82) is 0 Å². The van der Waals surface area contributed by atoms with Crippen LogP contribution in [0.3, 0.4) is 0 Å². The van der Waals surface area contributed by atoms with Crippen molar-refractivity contribution < 1.29 is 9.90 Å². The summed E-state index contributed by atoms with van der Waals surface area (Å²) in [7, 11) is 0. The van der Waals surface area contributed by atoms with Gasteiger partial charge in [-0.15, -0.1) is 6.58 Å². The van der Waals surface area contributed by atoms with Crippen molar-refractivity contribution in [2.24, 2.45) is 0 Å². The Balaban J connectivity index is 2.92. The molecule has 0 fully saturated rings. The molecule has 15 heavy (non-hydrogen) atoms. The lowest BCUT2D eigenvalue weighted by molar-refractivity contribution is -0.130. The van der Waals surface area contributed by atoms with E-state index < -0.39 is 5.97 Å². The molecule has 0 bridgehead atoms. The second-order valence-corrected chi connectivity index (χ2v) is 2.77. The van der Waals surface area contributed by atoms with E-state index in [2.05, 4.69) is 23.7 Å². The van der Waals surface area contributed by atoms with Crippen molar-refractivity contribution in [3.63, 3.8) is 0 Å². The number of anilines is 1. The molecule has 0 aliphatic carbocycles. The van der Waals surface area contributed by atoms with Gasteiger partial charge >= 0.3 is 5.97 Å². The van der Waals surface area contributed by atoms with E-state index in [1.54, 1.807) is 12.1 Å². The minimum absolute atomic E-state index is 0.617. The number of carboxylic acids is 1. The van der Waals surface area contributed by atoms with Crippen molar-refractivity contribution in [3.05, 3.63) is 42.5 Å². The molecule has 76 valence electrons. The van der Waals surface area contributed by atoms with Crippen molar-refractivity contribution in [2.45, 2.75) is 0 Å². The van der Waals surface area contributed by atoms with Gasteiger partial charge in [-0.3, -0.25) is 0 Å². The van der Waals surface area contributed by atoms with Crippen LogP contribution in [0.2, 0.25) is 0 Å². The predicted octanol–water partition coefficient (Wildman–Crippen LogP) is 1.72. The van der Waals surface area contributed by atoms with Gasteiger partial charge in [-0.2, -0.15) is 0 Å². The van der Waals surface area contributed by atoms with Crippen molar-refractivity contribution in [1.82, 2.24) is 0 Å². The van der Waals surface area contributed by atoms with Gasteiger partial charge in [-0.05, 0) is 12.1 Å². The first-order chi connectivity index (χ1) is 7.24. The minimum atomic E-state index is -1.13. The van der Waals surface area contributed by atoms with Crippen LogP contribution in [-0.4, -0.2) is 17.6 Å². The van der Waals surface area contributed by atoms with Crippen LogP contribution in [0.1, 0.15) is 5.56 Å². The Bertz CT molecular complexity index is 427. The summed E-state index contributed by atoms with van der Waals surface area (Å²) in [6, 6.07) is 7.28. The van der Waals surface area contributed by atoms with Crippen LogP contribution in [0.25, 0.3) is 0 Å². The summed E-state index contributed by atoms with van der Waals surface area (Å²) >= 11 is 0. The van der Waals surface area contributed by atoms with Crippen LogP contribution < -0.4 is 5.32 Å². The van der Waals surface area contributed by atoms with E-state index >= 15 is 0 Å². The van der Waals surface area contributed by atoms with Gasteiger partial charge in [0.05, 0.1) is 5.69 Å². The third-order valence-electron chi connectivity index (χ3n) is 1.67. The maximum atomic E-state index is 10.3. The fourth-order valence-corrected chi connectivity index (χ4v) is 1.05.